The second kappa shape index (κ2) is 7.34. The van der Waals surface area contributed by atoms with Crippen molar-refractivity contribution in [2.75, 3.05) is 21.0 Å². The quantitative estimate of drug-likeness (QED) is 0.807. The molecule has 0 aromatic heterocycles. The molecule has 3 rings (SSSR count). The van der Waals surface area contributed by atoms with Crippen molar-refractivity contribution in [2.24, 2.45) is 0 Å². The van der Waals surface area contributed by atoms with Gasteiger partial charge in [-0.05, 0) is 48.9 Å². The molecule has 25 heavy (non-hydrogen) atoms. The Kier molecular flexibility index (Phi) is 4.97. The molecular formula is C19H21NO5. The number of nitrogens with zero attached hydrogens (tertiary/aromatic N) is 1. The zero-order valence-electron chi connectivity index (χ0n) is 14.5. The molecule has 0 radical (unpaired) electrons. The van der Waals surface area contributed by atoms with Crippen LogP contribution in [0.15, 0.2) is 42.5 Å². The first kappa shape index (κ1) is 17.0. The Morgan fingerprint density at radius 3 is 2.52 bits per heavy atom. The monoisotopic (exact) mass is 343 g/mol. The van der Waals surface area contributed by atoms with Crippen LogP contribution < -0.4 is 18.9 Å². The normalized spacial score (nSPS) is 13.2. The summed E-state index contributed by atoms with van der Waals surface area (Å²) in [7, 11) is 3.36. The topological polar surface area (TPSA) is 57.2 Å². The summed E-state index contributed by atoms with van der Waals surface area (Å²) in [4.78, 5) is 14.2. The highest BCUT2D eigenvalue weighted by Gasteiger charge is 2.20. The lowest BCUT2D eigenvalue weighted by atomic mass is 10.2. The Morgan fingerprint density at radius 1 is 1.12 bits per heavy atom. The van der Waals surface area contributed by atoms with Crippen LogP contribution in [-0.2, 0) is 11.3 Å². The van der Waals surface area contributed by atoms with Gasteiger partial charge in [0.1, 0.15) is 11.5 Å². The van der Waals surface area contributed by atoms with Gasteiger partial charge in [0.05, 0.1) is 7.11 Å². The summed E-state index contributed by atoms with van der Waals surface area (Å²) in [6, 6.07) is 12.8. The minimum atomic E-state index is -0.590. The summed E-state index contributed by atoms with van der Waals surface area (Å²) in [6.07, 6.45) is -0.590. The molecule has 1 unspecified atom stereocenters. The Hall–Kier alpha value is -2.89. The van der Waals surface area contributed by atoms with E-state index in [1.54, 1.807) is 50.2 Å². The predicted molar refractivity (Wildman–Crippen MR) is 92.1 cm³/mol. The van der Waals surface area contributed by atoms with E-state index in [4.69, 9.17) is 18.9 Å². The van der Waals surface area contributed by atoms with Crippen LogP contribution in [-0.4, -0.2) is 37.9 Å². The number of methoxy groups -OCH3 is 1. The summed E-state index contributed by atoms with van der Waals surface area (Å²) >= 11 is 0. The fraction of sp³-hybridized carbons (Fsp3) is 0.316. The zero-order valence-corrected chi connectivity index (χ0v) is 14.5. The van der Waals surface area contributed by atoms with Crippen molar-refractivity contribution in [2.45, 2.75) is 19.6 Å². The van der Waals surface area contributed by atoms with Gasteiger partial charge >= 0.3 is 0 Å². The van der Waals surface area contributed by atoms with Crippen LogP contribution in [0.3, 0.4) is 0 Å². The van der Waals surface area contributed by atoms with E-state index in [0.717, 1.165) is 17.1 Å². The maximum atomic E-state index is 12.5. The van der Waals surface area contributed by atoms with Crippen LogP contribution >= 0.6 is 0 Å². The average molecular weight is 343 g/mol. The molecule has 6 heteroatoms. The molecule has 2 aromatic rings. The molecule has 0 aliphatic carbocycles. The Labute approximate surface area is 146 Å². The van der Waals surface area contributed by atoms with Gasteiger partial charge in [0.15, 0.2) is 17.6 Å². The van der Waals surface area contributed by atoms with E-state index < -0.39 is 6.10 Å². The van der Waals surface area contributed by atoms with E-state index in [0.29, 0.717) is 18.0 Å². The molecule has 0 bridgehead atoms. The molecule has 1 atom stereocenters. The lowest BCUT2D eigenvalue weighted by Gasteiger charge is -2.22. The zero-order chi connectivity index (χ0) is 17.8. The van der Waals surface area contributed by atoms with Gasteiger partial charge < -0.3 is 23.8 Å². The van der Waals surface area contributed by atoms with Crippen molar-refractivity contribution < 1.29 is 23.7 Å². The largest absolute Gasteiger partial charge is 0.497 e. The van der Waals surface area contributed by atoms with E-state index in [9.17, 15) is 4.79 Å². The second-order valence-corrected chi connectivity index (χ2v) is 5.82. The van der Waals surface area contributed by atoms with E-state index in [1.165, 1.54) is 0 Å². The molecule has 0 saturated heterocycles. The van der Waals surface area contributed by atoms with Crippen molar-refractivity contribution in [1.29, 1.82) is 0 Å². The number of hydrogen-bond donors (Lipinski definition) is 0. The Bertz CT molecular complexity index is 744. The number of rotatable bonds is 6. The van der Waals surface area contributed by atoms with E-state index >= 15 is 0 Å². The minimum absolute atomic E-state index is 0.103. The van der Waals surface area contributed by atoms with Gasteiger partial charge in [0, 0.05) is 13.6 Å². The van der Waals surface area contributed by atoms with Gasteiger partial charge in [-0.15, -0.1) is 0 Å². The fourth-order valence-corrected chi connectivity index (χ4v) is 2.61. The number of likely N-dealkylation sites (N-methyl/N-ethyl adjacent to an activating group) is 1. The van der Waals surface area contributed by atoms with Gasteiger partial charge in [-0.25, -0.2) is 0 Å². The summed E-state index contributed by atoms with van der Waals surface area (Å²) in [5.74, 6) is 2.70. The molecule has 0 spiro atoms. The van der Waals surface area contributed by atoms with Gasteiger partial charge in [0.25, 0.3) is 5.91 Å². The van der Waals surface area contributed by atoms with Crippen LogP contribution in [0.5, 0.6) is 23.0 Å². The van der Waals surface area contributed by atoms with Gasteiger partial charge in [-0.2, -0.15) is 0 Å². The number of fused-ring (bicyclic) bond motifs is 1. The van der Waals surface area contributed by atoms with Crippen molar-refractivity contribution in [3.63, 3.8) is 0 Å². The summed E-state index contributed by atoms with van der Waals surface area (Å²) in [5.41, 5.74) is 0.969. The molecule has 1 amide bonds. The maximum absolute atomic E-state index is 12.5. The molecular weight excluding hydrogens is 322 g/mol. The third kappa shape index (κ3) is 3.96. The maximum Gasteiger partial charge on any atom is 0.263 e. The third-order valence-electron chi connectivity index (χ3n) is 3.95. The lowest BCUT2D eigenvalue weighted by Crippen LogP contribution is -2.37. The van der Waals surface area contributed by atoms with Gasteiger partial charge in [-0.1, -0.05) is 6.07 Å². The molecule has 0 fully saturated rings. The SMILES string of the molecule is COc1ccc(OC(C)C(=O)N(C)Cc2ccc3c(c2)OCO3)cc1. The average Bonchev–Trinajstić information content (AvgIpc) is 3.09. The number of carbonyl (C=O) groups excluding carboxylic acids is 1. The van der Waals surface area contributed by atoms with Crippen LogP contribution in [0.25, 0.3) is 0 Å². The van der Waals surface area contributed by atoms with Crippen molar-refractivity contribution in [3.05, 3.63) is 48.0 Å². The smallest absolute Gasteiger partial charge is 0.263 e. The first-order valence-electron chi connectivity index (χ1n) is 8.01. The Morgan fingerprint density at radius 2 is 1.80 bits per heavy atom. The highest BCUT2D eigenvalue weighted by Crippen LogP contribution is 2.32. The number of benzene rings is 2. The van der Waals surface area contributed by atoms with Crippen LogP contribution in [0.1, 0.15) is 12.5 Å². The highest BCUT2D eigenvalue weighted by molar-refractivity contribution is 5.80. The first-order chi connectivity index (χ1) is 12.1. The van der Waals surface area contributed by atoms with E-state index in [-0.39, 0.29) is 12.7 Å². The molecule has 1 aliphatic rings. The van der Waals surface area contributed by atoms with Crippen LogP contribution in [0.4, 0.5) is 0 Å². The lowest BCUT2D eigenvalue weighted by molar-refractivity contribution is -0.137. The standard InChI is InChI=1S/C19H21NO5/c1-13(25-16-7-5-15(22-3)6-8-16)19(21)20(2)11-14-4-9-17-18(10-14)24-12-23-17/h4-10,13H,11-12H2,1-3H3. The molecule has 132 valence electrons. The predicted octanol–water partition coefficient (Wildman–Crippen LogP) is 2.85. The summed E-state index contributed by atoms with van der Waals surface area (Å²) < 4.78 is 21.5. The molecule has 0 N–H and O–H groups in total. The van der Waals surface area contributed by atoms with Crippen LogP contribution in [0, 0.1) is 0 Å². The highest BCUT2D eigenvalue weighted by atomic mass is 16.7. The van der Waals surface area contributed by atoms with E-state index in [1.807, 2.05) is 18.2 Å². The summed E-state index contributed by atoms with van der Waals surface area (Å²) in [6.45, 7) is 2.44. The Balaban J connectivity index is 1.59. The number of amides is 1. The molecule has 0 saturated carbocycles. The van der Waals surface area contributed by atoms with Gasteiger partial charge in [-0.3, -0.25) is 4.79 Å². The fourth-order valence-electron chi connectivity index (χ4n) is 2.61. The number of carbonyl (C=O) groups is 1. The second-order valence-electron chi connectivity index (χ2n) is 5.82. The van der Waals surface area contributed by atoms with E-state index in [2.05, 4.69) is 0 Å². The minimum Gasteiger partial charge on any atom is -0.497 e. The van der Waals surface area contributed by atoms with Gasteiger partial charge in [0.2, 0.25) is 6.79 Å². The molecule has 2 aromatic carbocycles. The van der Waals surface area contributed by atoms with Crippen molar-refractivity contribution >= 4 is 5.91 Å². The van der Waals surface area contributed by atoms with Crippen molar-refractivity contribution in [3.8, 4) is 23.0 Å². The molecule has 6 nitrogen and oxygen atoms in total. The first-order valence-corrected chi connectivity index (χ1v) is 8.01. The molecule has 1 heterocycles. The van der Waals surface area contributed by atoms with Crippen LogP contribution in [0.2, 0.25) is 0 Å². The molecule has 1 aliphatic heterocycles. The van der Waals surface area contributed by atoms with Crippen molar-refractivity contribution in [1.82, 2.24) is 4.90 Å². The number of ether oxygens (including phenoxy) is 4. The third-order valence-corrected chi connectivity index (χ3v) is 3.95. The summed E-state index contributed by atoms with van der Waals surface area (Å²) in [5, 5.41) is 0. The number of hydrogen-bond acceptors (Lipinski definition) is 5.